The highest BCUT2D eigenvalue weighted by Crippen LogP contribution is 2.18. The molecule has 0 aliphatic heterocycles. The summed E-state index contributed by atoms with van der Waals surface area (Å²) in [6.45, 7) is 5.51. The van der Waals surface area contributed by atoms with E-state index in [0.717, 1.165) is 19.3 Å². The smallest absolute Gasteiger partial charge is 0.317 e. The van der Waals surface area contributed by atoms with Crippen LogP contribution < -0.4 is 16.2 Å². The Morgan fingerprint density at radius 1 is 1.17 bits per heavy atom. The number of nitrogens with zero attached hydrogens (tertiary/aromatic N) is 1. The molecular weight excluding hydrogens is 304 g/mol. The van der Waals surface area contributed by atoms with Crippen molar-refractivity contribution in [3.05, 3.63) is 48.0 Å². The van der Waals surface area contributed by atoms with Crippen molar-refractivity contribution in [2.24, 2.45) is 0 Å². The van der Waals surface area contributed by atoms with Gasteiger partial charge in [0.25, 0.3) is 0 Å². The molecule has 3 N–H and O–H groups in total. The number of nitrogens with one attached hydrogen (secondary N) is 3. The lowest BCUT2D eigenvalue weighted by molar-refractivity contribution is -0.108. The maximum Gasteiger partial charge on any atom is 0.317 e. The Hall–Kier alpha value is -2.18. The highest BCUT2D eigenvalue weighted by molar-refractivity contribution is 5.76. The Bertz CT molecular complexity index is 529. The molecule has 1 rings (SSSR count). The van der Waals surface area contributed by atoms with Gasteiger partial charge in [0.05, 0.1) is 12.1 Å². The molecule has 2 amide bonds. The predicted octanol–water partition coefficient (Wildman–Crippen LogP) is 1.80. The van der Waals surface area contributed by atoms with Gasteiger partial charge in [-0.1, -0.05) is 42.5 Å². The predicted molar refractivity (Wildman–Crippen MR) is 96.5 cm³/mol. The van der Waals surface area contributed by atoms with Gasteiger partial charge in [0.2, 0.25) is 0 Å². The Labute approximate surface area is 144 Å². The standard InChI is InChI=1S/C18H28N4O2/c1-18(2,16-10-6-4-7-11-16)21-20-12-8-5-9-13-22(14-15-23)17(24)19-3/h4-7,9-11,15,20-21H,8,12-14H2,1-3H3,(H,19,24)/b9-5+. The molecule has 132 valence electrons. The summed E-state index contributed by atoms with van der Waals surface area (Å²) in [6.07, 6.45) is 5.43. The summed E-state index contributed by atoms with van der Waals surface area (Å²) in [5, 5.41) is 2.52. The minimum atomic E-state index is -0.254. The van der Waals surface area contributed by atoms with Crippen molar-refractivity contribution in [2.45, 2.75) is 25.8 Å². The molecule has 6 heteroatoms. The van der Waals surface area contributed by atoms with E-state index in [2.05, 4.69) is 42.1 Å². The molecule has 6 nitrogen and oxygen atoms in total. The van der Waals surface area contributed by atoms with Crippen molar-refractivity contribution >= 4 is 12.3 Å². The quantitative estimate of drug-likeness (QED) is 0.264. The van der Waals surface area contributed by atoms with Gasteiger partial charge >= 0.3 is 6.03 Å². The van der Waals surface area contributed by atoms with Gasteiger partial charge in [-0.25, -0.2) is 10.2 Å². The SMILES string of the molecule is CNC(=O)N(CC=O)C/C=C/CCNNC(C)(C)c1ccccc1. The topological polar surface area (TPSA) is 73.5 Å². The van der Waals surface area contributed by atoms with Crippen LogP contribution >= 0.6 is 0 Å². The molecule has 0 fully saturated rings. The second-order valence-corrected chi connectivity index (χ2v) is 5.93. The molecule has 0 aliphatic carbocycles. The van der Waals surface area contributed by atoms with Crippen LogP contribution in [0.5, 0.6) is 0 Å². The Balaban J connectivity index is 2.28. The Kier molecular flexibility index (Phi) is 8.75. The van der Waals surface area contributed by atoms with Crippen molar-refractivity contribution in [1.29, 1.82) is 0 Å². The first-order chi connectivity index (χ1) is 11.5. The summed E-state index contributed by atoms with van der Waals surface area (Å²) in [5.41, 5.74) is 7.59. The molecular formula is C18H28N4O2. The third kappa shape index (κ3) is 6.93. The van der Waals surface area contributed by atoms with Crippen molar-refractivity contribution in [3.63, 3.8) is 0 Å². The van der Waals surface area contributed by atoms with E-state index in [1.807, 2.05) is 30.4 Å². The number of hydrogen-bond acceptors (Lipinski definition) is 4. The number of urea groups is 1. The fourth-order valence-corrected chi connectivity index (χ4v) is 2.17. The van der Waals surface area contributed by atoms with Crippen molar-refractivity contribution < 1.29 is 9.59 Å². The van der Waals surface area contributed by atoms with Gasteiger partial charge in [-0.3, -0.25) is 5.43 Å². The van der Waals surface area contributed by atoms with Gasteiger partial charge in [0.1, 0.15) is 6.29 Å². The lowest BCUT2D eigenvalue weighted by Gasteiger charge is -2.27. The number of aldehydes is 1. The fraction of sp³-hybridized carbons (Fsp3) is 0.444. The largest absolute Gasteiger partial charge is 0.341 e. The number of carbonyl (C=O) groups excluding carboxylic acids is 2. The summed E-state index contributed by atoms with van der Waals surface area (Å²) in [7, 11) is 1.55. The summed E-state index contributed by atoms with van der Waals surface area (Å²) < 4.78 is 0. The molecule has 0 heterocycles. The van der Waals surface area contributed by atoms with Crippen LogP contribution in [0.2, 0.25) is 0 Å². The van der Waals surface area contributed by atoms with Gasteiger partial charge < -0.3 is 15.0 Å². The summed E-state index contributed by atoms with van der Waals surface area (Å²) in [5.74, 6) is 0. The molecule has 1 aromatic rings. The van der Waals surface area contributed by atoms with E-state index in [-0.39, 0.29) is 18.1 Å². The summed E-state index contributed by atoms with van der Waals surface area (Å²) in [6, 6.07) is 9.99. The molecule has 1 aromatic carbocycles. The Morgan fingerprint density at radius 2 is 1.88 bits per heavy atom. The van der Waals surface area contributed by atoms with E-state index in [9.17, 15) is 9.59 Å². The number of amides is 2. The van der Waals surface area contributed by atoms with Crippen LogP contribution in [0.4, 0.5) is 4.79 Å². The zero-order chi connectivity index (χ0) is 17.8. The van der Waals surface area contributed by atoms with Crippen molar-refractivity contribution in [1.82, 2.24) is 21.1 Å². The van der Waals surface area contributed by atoms with Crippen LogP contribution in [0, 0.1) is 0 Å². The number of rotatable bonds is 10. The lowest BCUT2D eigenvalue weighted by atomic mass is 9.95. The molecule has 0 radical (unpaired) electrons. The van der Waals surface area contributed by atoms with Crippen LogP contribution in [0.1, 0.15) is 25.8 Å². The number of benzene rings is 1. The first kappa shape index (κ1) is 19.9. The third-order valence-corrected chi connectivity index (χ3v) is 3.62. The molecule has 0 aliphatic rings. The maximum absolute atomic E-state index is 11.5. The number of carbonyl (C=O) groups is 2. The van der Waals surface area contributed by atoms with Crippen molar-refractivity contribution in [2.75, 3.05) is 26.7 Å². The van der Waals surface area contributed by atoms with Gasteiger partial charge in [-0.15, -0.1) is 0 Å². The van der Waals surface area contributed by atoms with Gasteiger partial charge in [0.15, 0.2) is 0 Å². The van der Waals surface area contributed by atoms with E-state index < -0.39 is 0 Å². The summed E-state index contributed by atoms with van der Waals surface area (Å²) in [4.78, 5) is 23.5. The molecule has 0 saturated heterocycles. The monoisotopic (exact) mass is 332 g/mol. The zero-order valence-corrected chi connectivity index (χ0v) is 14.7. The first-order valence-corrected chi connectivity index (χ1v) is 8.12. The van der Waals surface area contributed by atoms with E-state index in [0.29, 0.717) is 6.54 Å². The normalized spacial score (nSPS) is 11.5. The molecule has 0 bridgehead atoms. The highest BCUT2D eigenvalue weighted by Gasteiger charge is 2.18. The minimum Gasteiger partial charge on any atom is -0.341 e. The van der Waals surface area contributed by atoms with E-state index in [1.165, 1.54) is 10.5 Å². The molecule has 0 atom stereocenters. The average Bonchev–Trinajstić information content (AvgIpc) is 2.60. The maximum atomic E-state index is 11.5. The molecule has 0 saturated carbocycles. The molecule has 0 aromatic heterocycles. The zero-order valence-electron chi connectivity index (χ0n) is 14.7. The average molecular weight is 332 g/mol. The van der Waals surface area contributed by atoms with E-state index >= 15 is 0 Å². The van der Waals surface area contributed by atoms with Gasteiger partial charge in [-0.05, 0) is 25.8 Å². The lowest BCUT2D eigenvalue weighted by Crippen LogP contribution is -2.46. The van der Waals surface area contributed by atoms with Crippen LogP contribution in [0.3, 0.4) is 0 Å². The molecule has 24 heavy (non-hydrogen) atoms. The fourth-order valence-electron chi connectivity index (χ4n) is 2.17. The van der Waals surface area contributed by atoms with Crippen LogP contribution in [-0.2, 0) is 10.3 Å². The third-order valence-electron chi connectivity index (χ3n) is 3.62. The Morgan fingerprint density at radius 3 is 2.50 bits per heavy atom. The van der Waals surface area contributed by atoms with E-state index in [1.54, 1.807) is 7.05 Å². The van der Waals surface area contributed by atoms with Gasteiger partial charge in [-0.2, -0.15) is 0 Å². The first-order valence-electron chi connectivity index (χ1n) is 8.12. The second kappa shape index (κ2) is 10.6. The number of hydrazine groups is 1. The number of hydrogen-bond donors (Lipinski definition) is 3. The summed E-state index contributed by atoms with van der Waals surface area (Å²) >= 11 is 0. The molecule has 0 spiro atoms. The van der Waals surface area contributed by atoms with Crippen LogP contribution in [0.15, 0.2) is 42.5 Å². The van der Waals surface area contributed by atoms with Crippen LogP contribution in [-0.4, -0.2) is 43.9 Å². The highest BCUT2D eigenvalue weighted by atomic mass is 16.2. The van der Waals surface area contributed by atoms with Crippen LogP contribution in [0.25, 0.3) is 0 Å². The van der Waals surface area contributed by atoms with Crippen molar-refractivity contribution in [3.8, 4) is 0 Å². The van der Waals surface area contributed by atoms with Gasteiger partial charge in [0, 0.05) is 20.1 Å². The second-order valence-electron chi connectivity index (χ2n) is 5.93. The van der Waals surface area contributed by atoms with E-state index in [4.69, 9.17) is 0 Å². The minimum absolute atomic E-state index is 0.0923. The molecule has 0 unspecified atom stereocenters.